The summed E-state index contributed by atoms with van der Waals surface area (Å²) in [7, 11) is 0. The molecule has 2 aromatic rings. The molecule has 3 heterocycles. The fourth-order valence-electron chi connectivity index (χ4n) is 1.73. The number of hydrogen-bond acceptors (Lipinski definition) is 4. The third kappa shape index (κ3) is 1.60. The van der Waals surface area contributed by atoms with Gasteiger partial charge in [-0.05, 0) is 24.3 Å². The first-order valence-electron chi connectivity index (χ1n) is 5.28. The van der Waals surface area contributed by atoms with Crippen LogP contribution in [0.5, 0.6) is 0 Å². The SMILES string of the molecule is O=C1Nc2ncccc2C(=O)Nc2ncccc21. The topological polar surface area (TPSA) is 84.0 Å². The summed E-state index contributed by atoms with van der Waals surface area (Å²) in [6.07, 6.45) is 3.02. The number of nitrogens with zero attached hydrogens (tertiary/aromatic N) is 2. The van der Waals surface area contributed by atoms with E-state index < -0.39 is 0 Å². The van der Waals surface area contributed by atoms with Gasteiger partial charge in [0.15, 0.2) is 0 Å². The van der Waals surface area contributed by atoms with E-state index in [1.54, 1.807) is 24.3 Å². The van der Waals surface area contributed by atoms with Crippen LogP contribution in [-0.2, 0) is 0 Å². The van der Waals surface area contributed by atoms with E-state index in [9.17, 15) is 9.59 Å². The molecule has 3 rings (SSSR count). The Bertz CT molecular complexity index is 597. The predicted octanol–water partition coefficient (Wildman–Crippen LogP) is 1.29. The molecular weight excluding hydrogens is 232 g/mol. The smallest absolute Gasteiger partial charge is 0.260 e. The average Bonchev–Trinajstić information content (AvgIpc) is 2.38. The first kappa shape index (κ1) is 10.4. The molecule has 0 unspecified atom stereocenters. The molecule has 0 atom stereocenters. The Labute approximate surface area is 102 Å². The Balaban J connectivity index is 2.15. The standard InChI is InChI=1S/C12H8N4O2/c17-11-7-3-1-5-13-9(7)15-12(18)8-4-2-6-14-10(8)16-11/h1-6H,(H,13,15,18)(H,14,16,17). The van der Waals surface area contributed by atoms with Gasteiger partial charge >= 0.3 is 0 Å². The van der Waals surface area contributed by atoms with Crippen LogP contribution in [0.1, 0.15) is 20.7 Å². The van der Waals surface area contributed by atoms with Gasteiger partial charge in [0.25, 0.3) is 11.8 Å². The van der Waals surface area contributed by atoms with Gasteiger partial charge in [0.2, 0.25) is 0 Å². The maximum Gasteiger partial charge on any atom is 0.260 e. The second kappa shape index (κ2) is 3.92. The van der Waals surface area contributed by atoms with Gasteiger partial charge in [-0.15, -0.1) is 0 Å². The molecule has 1 aliphatic rings. The molecule has 0 bridgehead atoms. The van der Waals surface area contributed by atoms with Gasteiger partial charge in [-0.1, -0.05) is 0 Å². The van der Waals surface area contributed by atoms with E-state index in [1.165, 1.54) is 12.4 Å². The average molecular weight is 240 g/mol. The molecule has 18 heavy (non-hydrogen) atoms. The first-order chi connectivity index (χ1) is 8.75. The summed E-state index contributed by atoms with van der Waals surface area (Å²) in [4.78, 5) is 31.9. The van der Waals surface area contributed by atoms with E-state index in [2.05, 4.69) is 20.6 Å². The van der Waals surface area contributed by atoms with Crippen molar-refractivity contribution in [1.82, 2.24) is 9.97 Å². The summed E-state index contributed by atoms with van der Waals surface area (Å²) in [6.45, 7) is 0. The van der Waals surface area contributed by atoms with Crippen molar-refractivity contribution in [2.75, 3.05) is 10.6 Å². The van der Waals surface area contributed by atoms with Gasteiger partial charge in [-0.2, -0.15) is 0 Å². The van der Waals surface area contributed by atoms with Crippen molar-refractivity contribution in [2.45, 2.75) is 0 Å². The molecule has 2 aromatic heterocycles. The van der Waals surface area contributed by atoms with E-state index in [0.717, 1.165) is 0 Å². The van der Waals surface area contributed by atoms with Crippen molar-refractivity contribution < 1.29 is 9.59 Å². The molecule has 1 aliphatic heterocycles. The highest BCUT2D eigenvalue weighted by Gasteiger charge is 2.22. The van der Waals surface area contributed by atoms with Gasteiger partial charge < -0.3 is 10.6 Å². The van der Waals surface area contributed by atoms with Crippen LogP contribution in [0.4, 0.5) is 11.6 Å². The van der Waals surface area contributed by atoms with Gasteiger partial charge in [0.05, 0.1) is 11.1 Å². The largest absolute Gasteiger partial charge is 0.306 e. The van der Waals surface area contributed by atoms with Crippen molar-refractivity contribution in [2.24, 2.45) is 0 Å². The highest BCUT2D eigenvalue weighted by molar-refractivity contribution is 6.17. The van der Waals surface area contributed by atoms with Crippen molar-refractivity contribution in [1.29, 1.82) is 0 Å². The zero-order chi connectivity index (χ0) is 12.5. The molecule has 88 valence electrons. The number of nitrogens with one attached hydrogen (secondary N) is 2. The van der Waals surface area contributed by atoms with Crippen LogP contribution in [0.25, 0.3) is 0 Å². The van der Waals surface area contributed by atoms with Crippen LogP contribution in [0.15, 0.2) is 36.7 Å². The zero-order valence-corrected chi connectivity index (χ0v) is 9.18. The molecule has 0 aromatic carbocycles. The molecule has 0 saturated heterocycles. The highest BCUT2D eigenvalue weighted by Crippen LogP contribution is 2.21. The molecule has 6 heteroatoms. The van der Waals surface area contributed by atoms with E-state index in [1.807, 2.05) is 0 Å². The number of fused-ring (bicyclic) bond motifs is 2. The minimum absolute atomic E-state index is 0.245. The predicted molar refractivity (Wildman–Crippen MR) is 64.4 cm³/mol. The van der Waals surface area contributed by atoms with Crippen LogP contribution < -0.4 is 10.6 Å². The minimum Gasteiger partial charge on any atom is -0.306 e. The zero-order valence-electron chi connectivity index (χ0n) is 9.18. The van der Waals surface area contributed by atoms with Gasteiger partial charge in [-0.25, -0.2) is 9.97 Å². The maximum atomic E-state index is 12.0. The molecule has 0 saturated carbocycles. The second-order valence-electron chi connectivity index (χ2n) is 3.71. The number of pyridine rings is 2. The number of rotatable bonds is 0. The summed E-state index contributed by atoms with van der Waals surface area (Å²) in [5.41, 5.74) is 0.615. The van der Waals surface area contributed by atoms with Crippen LogP contribution in [0.2, 0.25) is 0 Å². The van der Waals surface area contributed by atoms with Crippen LogP contribution >= 0.6 is 0 Å². The Morgan fingerprint density at radius 2 is 1.22 bits per heavy atom. The fraction of sp³-hybridized carbons (Fsp3) is 0. The molecule has 6 nitrogen and oxygen atoms in total. The number of anilines is 2. The van der Waals surface area contributed by atoms with Crippen molar-refractivity contribution in [3.05, 3.63) is 47.8 Å². The summed E-state index contributed by atoms with van der Waals surface area (Å²) in [5.74, 6) is -0.208. The van der Waals surface area contributed by atoms with Crippen LogP contribution in [-0.4, -0.2) is 21.8 Å². The van der Waals surface area contributed by atoms with Gasteiger partial charge in [0, 0.05) is 12.4 Å². The van der Waals surface area contributed by atoms with E-state index in [0.29, 0.717) is 11.1 Å². The van der Waals surface area contributed by atoms with Gasteiger partial charge in [-0.3, -0.25) is 9.59 Å². The molecule has 0 fully saturated rings. The lowest BCUT2D eigenvalue weighted by atomic mass is 10.1. The van der Waals surface area contributed by atoms with Crippen molar-refractivity contribution in [3.63, 3.8) is 0 Å². The molecule has 0 radical (unpaired) electrons. The lowest BCUT2D eigenvalue weighted by Gasteiger charge is -2.15. The number of hydrogen-bond donors (Lipinski definition) is 2. The lowest BCUT2D eigenvalue weighted by Crippen LogP contribution is -2.25. The van der Waals surface area contributed by atoms with E-state index in [-0.39, 0.29) is 23.5 Å². The van der Waals surface area contributed by atoms with E-state index in [4.69, 9.17) is 0 Å². The summed E-state index contributed by atoms with van der Waals surface area (Å²) < 4.78 is 0. The monoisotopic (exact) mass is 240 g/mol. The van der Waals surface area contributed by atoms with E-state index >= 15 is 0 Å². The lowest BCUT2D eigenvalue weighted by molar-refractivity contribution is 0.101. The van der Waals surface area contributed by atoms with Crippen LogP contribution in [0, 0.1) is 0 Å². The normalized spacial score (nSPS) is 13.6. The number of aromatic nitrogens is 2. The Morgan fingerprint density at radius 3 is 1.67 bits per heavy atom. The molecule has 0 spiro atoms. The molecule has 2 amide bonds. The number of carbonyl (C=O) groups excluding carboxylic acids is 2. The number of amides is 2. The Kier molecular flexibility index (Phi) is 2.26. The number of carbonyl (C=O) groups is 2. The summed E-state index contributed by atoms with van der Waals surface area (Å²) in [6, 6.07) is 6.44. The van der Waals surface area contributed by atoms with Crippen molar-refractivity contribution in [3.8, 4) is 0 Å². The summed E-state index contributed by atoms with van der Waals surface area (Å²) in [5, 5.41) is 5.20. The molecule has 0 aliphatic carbocycles. The van der Waals surface area contributed by atoms with Gasteiger partial charge in [0.1, 0.15) is 11.6 Å². The minimum atomic E-state index is -0.349. The molecule has 2 N–H and O–H groups in total. The molecular formula is C12H8N4O2. The third-order valence-electron chi connectivity index (χ3n) is 2.57. The quantitative estimate of drug-likeness (QED) is 0.726. The maximum absolute atomic E-state index is 12.0. The second-order valence-corrected chi connectivity index (χ2v) is 3.71. The third-order valence-corrected chi connectivity index (χ3v) is 2.57. The van der Waals surface area contributed by atoms with Crippen molar-refractivity contribution >= 4 is 23.5 Å². The Hall–Kier alpha value is -2.76. The highest BCUT2D eigenvalue weighted by atomic mass is 16.2. The summed E-state index contributed by atoms with van der Waals surface area (Å²) >= 11 is 0. The first-order valence-corrected chi connectivity index (χ1v) is 5.28. The fourth-order valence-corrected chi connectivity index (χ4v) is 1.73. The van der Waals surface area contributed by atoms with Crippen LogP contribution in [0.3, 0.4) is 0 Å². The Morgan fingerprint density at radius 1 is 0.778 bits per heavy atom.